The SMILES string of the molecule is COC(=O)[C@@H](Cc1ccccc1)NC(=O)NC1CCN(c2nc3ccccc3n(C)c2=O)CC1. The molecule has 1 fully saturated rings. The molecule has 9 heteroatoms. The van der Waals surface area contributed by atoms with Gasteiger partial charge >= 0.3 is 12.0 Å². The highest BCUT2D eigenvalue weighted by molar-refractivity contribution is 5.84. The van der Waals surface area contributed by atoms with E-state index < -0.39 is 18.0 Å². The van der Waals surface area contributed by atoms with Crippen molar-refractivity contribution in [3.63, 3.8) is 0 Å². The minimum atomic E-state index is -0.780. The summed E-state index contributed by atoms with van der Waals surface area (Å²) in [6, 6.07) is 15.8. The second-order valence-electron chi connectivity index (χ2n) is 8.43. The lowest BCUT2D eigenvalue weighted by Crippen LogP contribution is -2.53. The molecular formula is C25H29N5O4. The average molecular weight is 464 g/mol. The number of benzene rings is 2. The topological polar surface area (TPSA) is 106 Å². The van der Waals surface area contributed by atoms with Gasteiger partial charge in [0.05, 0.1) is 18.1 Å². The summed E-state index contributed by atoms with van der Waals surface area (Å²) < 4.78 is 6.48. The van der Waals surface area contributed by atoms with Crippen molar-refractivity contribution in [1.82, 2.24) is 20.2 Å². The number of rotatable bonds is 6. The maximum absolute atomic E-state index is 12.8. The zero-order chi connectivity index (χ0) is 24.1. The van der Waals surface area contributed by atoms with E-state index >= 15 is 0 Å². The van der Waals surface area contributed by atoms with Gasteiger partial charge in [-0.25, -0.2) is 14.6 Å². The molecule has 2 heterocycles. The molecule has 2 aromatic carbocycles. The van der Waals surface area contributed by atoms with E-state index in [1.165, 1.54) is 7.11 Å². The third-order valence-corrected chi connectivity index (χ3v) is 6.17. The molecule has 1 saturated heterocycles. The molecule has 0 aliphatic carbocycles. The number of esters is 1. The Labute approximate surface area is 197 Å². The number of methoxy groups -OCH3 is 1. The fraction of sp³-hybridized carbons (Fsp3) is 0.360. The number of carbonyl (C=O) groups is 2. The van der Waals surface area contributed by atoms with Crippen LogP contribution in [-0.2, 0) is 23.0 Å². The number of nitrogens with one attached hydrogen (secondary N) is 2. The second kappa shape index (κ2) is 10.4. The molecule has 1 aliphatic heterocycles. The molecule has 34 heavy (non-hydrogen) atoms. The quantitative estimate of drug-likeness (QED) is 0.542. The Hall–Kier alpha value is -3.88. The first-order valence-electron chi connectivity index (χ1n) is 11.4. The molecule has 9 nitrogen and oxygen atoms in total. The smallest absolute Gasteiger partial charge is 0.328 e. The molecule has 0 spiro atoms. The molecule has 0 bridgehead atoms. The molecule has 0 radical (unpaired) electrons. The zero-order valence-corrected chi connectivity index (χ0v) is 19.4. The van der Waals surface area contributed by atoms with Gasteiger partial charge in [-0.2, -0.15) is 0 Å². The van der Waals surface area contributed by atoms with Crippen LogP contribution >= 0.6 is 0 Å². The zero-order valence-electron chi connectivity index (χ0n) is 19.4. The number of anilines is 1. The number of aryl methyl sites for hydroxylation is 1. The van der Waals surface area contributed by atoms with Crippen molar-refractivity contribution >= 4 is 28.9 Å². The van der Waals surface area contributed by atoms with Crippen LogP contribution in [-0.4, -0.2) is 53.8 Å². The van der Waals surface area contributed by atoms with Crippen LogP contribution in [0.2, 0.25) is 0 Å². The van der Waals surface area contributed by atoms with Crippen LogP contribution in [0, 0.1) is 0 Å². The normalized spacial score (nSPS) is 15.1. The summed E-state index contributed by atoms with van der Waals surface area (Å²) in [5.74, 6) is -0.0650. The van der Waals surface area contributed by atoms with Crippen molar-refractivity contribution in [2.45, 2.75) is 31.3 Å². The largest absolute Gasteiger partial charge is 0.467 e. The van der Waals surface area contributed by atoms with Gasteiger partial charge in [-0.05, 0) is 30.5 Å². The molecular weight excluding hydrogens is 434 g/mol. The summed E-state index contributed by atoms with van der Waals surface area (Å²) in [6.45, 7) is 1.19. The van der Waals surface area contributed by atoms with Gasteiger partial charge in [0.1, 0.15) is 6.04 Å². The van der Waals surface area contributed by atoms with Crippen LogP contribution < -0.4 is 21.1 Å². The number of para-hydroxylation sites is 2. The number of ether oxygens (including phenoxy) is 1. The van der Waals surface area contributed by atoms with Crippen LogP contribution in [0.1, 0.15) is 18.4 Å². The monoisotopic (exact) mass is 463 g/mol. The Kier molecular flexibility index (Phi) is 7.10. The standard InChI is InChI=1S/C25H29N5O4/c1-29-21-11-7-6-10-19(21)27-22(23(29)31)30-14-12-18(13-15-30)26-25(33)28-20(24(32)34-2)16-17-8-4-3-5-9-17/h3-11,18,20H,12-16H2,1-2H3,(H2,26,28,33)/t20-/m1/s1. The third-order valence-electron chi connectivity index (χ3n) is 6.17. The van der Waals surface area contributed by atoms with E-state index in [1.807, 2.05) is 59.5 Å². The number of aromatic nitrogens is 2. The number of urea groups is 1. The minimum Gasteiger partial charge on any atom is -0.467 e. The molecule has 4 rings (SSSR count). The molecule has 1 aliphatic rings. The Balaban J connectivity index is 1.36. The Morgan fingerprint density at radius 1 is 1.09 bits per heavy atom. The molecule has 2 amide bonds. The maximum Gasteiger partial charge on any atom is 0.328 e. The summed E-state index contributed by atoms with van der Waals surface area (Å²) in [6.07, 6.45) is 1.66. The number of piperidine rings is 1. The van der Waals surface area contributed by atoms with Gasteiger partial charge in [0.2, 0.25) is 0 Å². The number of carbonyl (C=O) groups excluding carboxylic acids is 2. The van der Waals surface area contributed by atoms with E-state index in [1.54, 1.807) is 11.6 Å². The van der Waals surface area contributed by atoms with Gasteiger partial charge in [-0.3, -0.25) is 4.79 Å². The summed E-state index contributed by atoms with van der Waals surface area (Å²) >= 11 is 0. The first-order chi connectivity index (χ1) is 16.5. The Morgan fingerprint density at radius 2 is 1.76 bits per heavy atom. The average Bonchev–Trinajstić information content (AvgIpc) is 2.86. The predicted octanol–water partition coefficient (Wildman–Crippen LogP) is 1.99. The van der Waals surface area contributed by atoms with Crippen molar-refractivity contribution in [2.24, 2.45) is 7.05 Å². The Bertz CT molecular complexity index is 1220. The van der Waals surface area contributed by atoms with Crippen molar-refractivity contribution in [2.75, 3.05) is 25.1 Å². The summed E-state index contributed by atoms with van der Waals surface area (Å²) in [5, 5.41) is 5.69. The lowest BCUT2D eigenvalue weighted by atomic mass is 10.0. The number of fused-ring (bicyclic) bond motifs is 1. The Morgan fingerprint density at radius 3 is 2.47 bits per heavy atom. The van der Waals surface area contributed by atoms with Crippen molar-refractivity contribution in [1.29, 1.82) is 0 Å². The summed E-state index contributed by atoms with van der Waals surface area (Å²) in [7, 11) is 3.06. The highest BCUT2D eigenvalue weighted by Crippen LogP contribution is 2.18. The highest BCUT2D eigenvalue weighted by Gasteiger charge is 2.26. The number of nitrogens with zero attached hydrogens (tertiary/aromatic N) is 3. The summed E-state index contributed by atoms with van der Waals surface area (Å²) in [4.78, 5) is 44.2. The molecule has 1 atom stereocenters. The van der Waals surface area contributed by atoms with E-state index in [0.29, 0.717) is 38.2 Å². The first-order valence-corrected chi connectivity index (χ1v) is 11.4. The van der Waals surface area contributed by atoms with Gasteiger partial charge in [0, 0.05) is 32.6 Å². The highest BCUT2D eigenvalue weighted by atomic mass is 16.5. The molecule has 0 saturated carbocycles. The van der Waals surface area contributed by atoms with E-state index in [-0.39, 0.29) is 11.6 Å². The predicted molar refractivity (Wildman–Crippen MR) is 130 cm³/mol. The van der Waals surface area contributed by atoms with Crippen molar-refractivity contribution in [3.05, 3.63) is 70.5 Å². The van der Waals surface area contributed by atoms with Gasteiger partial charge in [0.15, 0.2) is 5.82 Å². The second-order valence-corrected chi connectivity index (χ2v) is 8.43. The van der Waals surface area contributed by atoms with Crippen LogP contribution in [0.4, 0.5) is 10.6 Å². The fourth-order valence-corrected chi connectivity index (χ4v) is 4.28. The van der Waals surface area contributed by atoms with Crippen LogP contribution in [0.3, 0.4) is 0 Å². The van der Waals surface area contributed by atoms with E-state index in [2.05, 4.69) is 15.6 Å². The lowest BCUT2D eigenvalue weighted by molar-refractivity contribution is -0.142. The van der Waals surface area contributed by atoms with Crippen molar-refractivity contribution < 1.29 is 14.3 Å². The number of hydrogen-bond donors (Lipinski definition) is 2. The molecule has 178 valence electrons. The molecule has 2 N–H and O–H groups in total. The maximum atomic E-state index is 12.8. The number of amides is 2. The van der Waals surface area contributed by atoms with Gasteiger partial charge in [-0.1, -0.05) is 42.5 Å². The van der Waals surface area contributed by atoms with E-state index in [0.717, 1.165) is 16.6 Å². The van der Waals surface area contributed by atoms with Crippen LogP contribution in [0.15, 0.2) is 59.4 Å². The summed E-state index contributed by atoms with van der Waals surface area (Å²) in [5.41, 5.74) is 2.35. The lowest BCUT2D eigenvalue weighted by Gasteiger charge is -2.33. The third kappa shape index (κ3) is 5.19. The van der Waals surface area contributed by atoms with Gasteiger partial charge in [-0.15, -0.1) is 0 Å². The van der Waals surface area contributed by atoms with Crippen molar-refractivity contribution in [3.8, 4) is 0 Å². The molecule has 3 aromatic rings. The van der Waals surface area contributed by atoms with E-state index in [9.17, 15) is 14.4 Å². The van der Waals surface area contributed by atoms with Gasteiger partial charge < -0.3 is 24.8 Å². The fourth-order valence-electron chi connectivity index (χ4n) is 4.28. The minimum absolute atomic E-state index is 0.0735. The molecule has 0 unspecified atom stereocenters. The van der Waals surface area contributed by atoms with Gasteiger partial charge in [0.25, 0.3) is 5.56 Å². The van der Waals surface area contributed by atoms with Crippen LogP contribution in [0.5, 0.6) is 0 Å². The van der Waals surface area contributed by atoms with E-state index in [4.69, 9.17) is 4.74 Å². The molecule has 1 aromatic heterocycles. The number of hydrogen-bond acceptors (Lipinski definition) is 6. The van der Waals surface area contributed by atoms with Crippen LogP contribution in [0.25, 0.3) is 11.0 Å². The first kappa shape index (κ1) is 23.3.